The standard InChI is InChI=1S/C16H14F6N6/c17-4-5-23-14-10(16(20,21)22)7-24-15(27-14)26-11-2-1-3-12-9(11)6-25-28(12)8-13(18)19/h1-3,6-7,13H,4-5,8H2,(H2,23,24,26,27). The lowest BCUT2D eigenvalue weighted by atomic mass is 10.2. The summed E-state index contributed by atoms with van der Waals surface area (Å²) in [5.41, 5.74) is -0.350. The number of rotatable bonds is 7. The molecule has 0 fully saturated rings. The van der Waals surface area contributed by atoms with Gasteiger partial charge in [0.2, 0.25) is 5.95 Å². The zero-order valence-corrected chi connectivity index (χ0v) is 14.1. The normalized spacial score (nSPS) is 12.0. The second kappa shape index (κ2) is 7.90. The molecule has 0 amide bonds. The number of hydrogen-bond donors (Lipinski definition) is 2. The van der Waals surface area contributed by atoms with Gasteiger partial charge in [-0.3, -0.25) is 4.68 Å². The van der Waals surface area contributed by atoms with E-state index in [9.17, 15) is 26.3 Å². The summed E-state index contributed by atoms with van der Waals surface area (Å²) in [6.07, 6.45) is -5.38. The van der Waals surface area contributed by atoms with Gasteiger partial charge < -0.3 is 10.6 Å². The number of alkyl halides is 6. The number of fused-ring (bicyclic) bond motifs is 1. The van der Waals surface area contributed by atoms with E-state index in [4.69, 9.17) is 0 Å². The number of nitrogens with zero attached hydrogens (tertiary/aromatic N) is 4. The lowest BCUT2D eigenvalue weighted by molar-refractivity contribution is -0.137. The van der Waals surface area contributed by atoms with Gasteiger partial charge in [0.15, 0.2) is 0 Å². The summed E-state index contributed by atoms with van der Waals surface area (Å²) in [5.74, 6) is -0.744. The van der Waals surface area contributed by atoms with Gasteiger partial charge in [0.25, 0.3) is 6.43 Å². The van der Waals surface area contributed by atoms with Crippen molar-refractivity contribution in [3.05, 3.63) is 36.2 Å². The summed E-state index contributed by atoms with van der Waals surface area (Å²) in [4.78, 5) is 7.41. The molecule has 0 bridgehead atoms. The molecular weight excluding hydrogens is 390 g/mol. The Bertz CT molecular complexity index is 954. The Labute approximate surface area is 154 Å². The number of nitrogens with one attached hydrogen (secondary N) is 2. The van der Waals surface area contributed by atoms with Gasteiger partial charge in [-0.25, -0.2) is 18.2 Å². The molecule has 6 nitrogen and oxygen atoms in total. The molecule has 0 saturated carbocycles. The van der Waals surface area contributed by atoms with Crippen LogP contribution in [0.4, 0.5) is 43.8 Å². The molecule has 0 radical (unpaired) electrons. The van der Waals surface area contributed by atoms with Crippen LogP contribution in [0.1, 0.15) is 5.56 Å². The van der Waals surface area contributed by atoms with Crippen LogP contribution < -0.4 is 10.6 Å². The van der Waals surface area contributed by atoms with E-state index in [1.165, 1.54) is 6.20 Å². The molecule has 0 aliphatic carbocycles. The van der Waals surface area contributed by atoms with Crippen LogP contribution in [0.25, 0.3) is 10.9 Å². The van der Waals surface area contributed by atoms with Gasteiger partial charge in [-0.05, 0) is 12.1 Å². The predicted octanol–water partition coefficient (Wildman–Crippen LogP) is 4.24. The first-order valence-corrected chi connectivity index (χ1v) is 8.03. The van der Waals surface area contributed by atoms with Crippen molar-refractivity contribution in [2.45, 2.75) is 19.1 Å². The van der Waals surface area contributed by atoms with Crippen molar-refractivity contribution in [1.82, 2.24) is 19.7 Å². The van der Waals surface area contributed by atoms with Crippen molar-refractivity contribution in [3.8, 4) is 0 Å². The molecule has 2 N–H and O–H groups in total. The van der Waals surface area contributed by atoms with Crippen LogP contribution in [-0.4, -0.2) is 39.4 Å². The number of aromatic nitrogens is 4. The van der Waals surface area contributed by atoms with Crippen LogP contribution in [-0.2, 0) is 12.7 Å². The SMILES string of the molecule is FCCNc1nc(Nc2cccc3c2cnn3CC(F)F)ncc1C(F)(F)F. The van der Waals surface area contributed by atoms with Crippen LogP contribution in [0.2, 0.25) is 0 Å². The highest BCUT2D eigenvalue weighted by atomic mass is 19.4. The van der Waals surface area contributed by atoms with Crippen LogP contribution >= 0.6 is 0 Å². The highest BCUT2D eigenvalue weighted by Gasteiger charge is 2.35. The van der Waals surface area contributed by atoms with Gasteiger partial charge in [-0.2, -0.15) is 23.3 Å². The molecule has 0 unspecified atom stereocenters. The minimum absolute atomic E-state index is 0.177. The first-order chi connectivity index (χ1) is 13.3. The molecule has 0 spiro atoms. The van der Waals surface area contributed by atoms with E-state index in [0.717, 1.165) is 4.68 Å². The molecule has 0 aliphatic rings. The summed E-state index contributed by atoms with van der Waals surface area (Å²) >= 11 is 0. The van der Waals surface area contributed by atoms with Crippen LogP contribution in [0, 0.1) is 0 Å². The number of hydrogen-bond acceptors (Lipinski definition) is 5. The molecule has 0 atom stereocenters. The summed E-state index contributed by atoms with van der Waals surface area (Å²) in [6.45, 7) is -1.83. The zero-order chi connectivity index (χ0) is 20.3. The highest BCUT2D eigenvalue weighted by molar-refractivity contribution is 5.92. The summed E-state index contributed by atoms with van der Waals surface area (Å²) < 4.78 is 77.9. The predicted molar refractivity (Wildman–Crippen MR) is 90.5 cm³/mol. The lowest BCUT2D eigenvalue weighted by Crippen LogP contribution is -2.15. The van der Waals surface area contributed by atoms with Crippen molar-refractivity contribution < 1.29 is 26.3 Å². The topological polar surface area (TPSA) is 67.7 Å². The largest absolute Gasteiger partial charge is 0.421 e. The Kier molecular flexibility index (Phi) is 5.56. The maximum Gasteiger partial charge on any atom is 0.421 e. The van der Waals surface area contributed by atoms with E-state index in [-0.39, 0.29) is 12.5 Å². The van der Waals surface area contributed by atoms with Gasteiger partial charge >= 0.3 is 6.18 Å². The fraction of sp³-hybridized carbons (Fsp3) is 0.312. The van der Waals surface area contributed by atoms with Crippen molar-refractivity contribution in [3.63, 3.8) is 0 Å². The Morgan fingerprint density at radius 3 is 2.61 bits per heavy atom. The summed E-state index contributed by atoms with van der Waals surface area (Å²) in [7, 11) is 0. The van der Waals surface area contributed by atoms with Gasteiger partial charge in [0.05, 0.1) is 17.4 Å². The third-order valence-electron chi connectivity index (χ3n) is 3.73. The van der Waals surface area contributed by atoms with E-state index in [0.29, 0.717) is 22.8 Å². The average Bonchev–Trinajstić information content (AvgIpc) is 3.02. The van der Waals surface area contributed by atoms with E-state index in [1.807, 2.05) is 0 Å². The summed E-state index contributed by atoms with van der Waals surface area (Å²) in [6, 6.07) is 4.73. The van der Waals surface area contributed by atoms with Crippen molar-refractivity contribution in [1.29, 1.82) is 0 Å². The zero-order valence-electron chi connectivity index (χ0n) is 14.1. The van der Waals surface area contributed by atoms with Crippen molar-refractivity contribution >= 4 is 28.4 Å². The molecule has 0 aliphatic heterocycles. The maximum absolute atomic E-state index is 13.0. The van der Waals surface area contributed by atoms with Gasteiger partial charge in [-0.15, -0.1) is 0 Å². The molecule has 28 heavy (non-hydrogen) atoms. The molecule has 12 heteroatoms. The second-order valence-electron chi connectivity index (χ2n) is 5.65. The van der Waals surface area contributed by atoms with Crippen LogP contribution in [0.5, 0.6) is 0 Å². The fourth-order valence-corrected chi connectivity index (χ4v) is 2.56. The minimum atomic E-state index is -4.71. The Hall–Kier alpha value is -3.05. The molecular formula is C16H14F6N6. The van der Waals surface area contributed by atoms with Gasteiger partial charge in [0, 0.05) is 18.1 Å². The second-order valence-corrected chi connectivity index (χ2v) is 5.65. The number of benzene rings is 1. The average molecular weight is 404 g/mol. The smallest absolute Gasteiger partial charge is 0.367 e. The highest BCUT2D eigenvalue weighted by Crippen LogP contribution is 2.34. The number of anilines is 3. The van der Waals surface area contributed by atoms with E-state index in [1.54, 1.807) is 18.2 Å². The quantitative estimate of drug-likeness (QED) is 0.577. The third kappa shape index (κ3) is 4.26. The first-order valence-electron chi connectivity index (χ1n) is 8.03. The Morgan fingerprint density at radius 1 is 1.14 bits per heavy atom. The van der Waals surface area contributed by atoms with E-state index >= 15 is 0 Å². The monoisotopic (exact) mass is 404 g/mol. The van der Waals surface area contributed by atoms with Crippen molar-refractivity contribution in [2.75, 3.05) is 23.9 Å². The maximum atomic E-state index is 13.0. The molecule has 2 aromatic heterocycles. The van der Waals surface area contributed by atoms with Gasteiger partial charge in [0.1, 0.15) is 24.6 Å². The molecule has 0 saturated heterocycles. The Balaban J connectivity index is 1.94. The fourth-order valence-electron chi connectivity index (χ4n) is 2.56. The number of halogens is 6. The Morgan fingerprint density at radius 2 is 1.93 bits per heavy atom. The van der Waals surface area contributed by atoms with Crippen LogP contribution in [0.15, 0.2) is 30.6 Å². The minimum Gasteiger partial charge on any atom is -0.367 e. The van der Waals surface area contributed by atoms with Gasteiger partial charge in [-0.1, -0.05) is 6.07 Å². The van der Waals surface area contributed by atoms with Crippen molar-refractivity contribution in [2.24, 2.45) is 0 Å². The van der Waals surface area contributed by atoms with E-state index in [2.05, 4.69) is 25.7 Å². The molecule has 3 aromatic rings. The molecule has 2 heterocycles. The molecule has 150 valence electrons. The first kappa shape index (κ1) is 19.7. The molecule has 3 rings (SSSR count). The summed E-state index contributed by atoms with van der Waals surface area (Å²) in [5, 5.41) is 9.38. The van der Waals surface area contributed by atoms with E-state index < -0.39 is 37.2 Å². The van der Waals surface area contributed by atoms with Crippen LogP contribution in [0.3, 0.4) is 0 Å². The third-order valence-corrected chi connectivity index (χ3v) is 3.73. The molecule has 1 aromatic carbocycles. The lowest BCUT2D eigenvalue weighted by Gasteiger charge is -2.14.